The molecule has 0 bridgehead atoms. The molecule has 0 aliphatic heterocycles. The zero-order valence-corrected chi connectivity index (χ0v) is 23.3. The Hall–Kier alpha value is -3.18. The second kappa shape index (κ2) is 10.9. The van der Waals surface area contributed by atoms with Crippen molar-refractivity contribution >= 4 is 56.7 Å². The maximum atomic E-state index is 6.57. The van der Waals surface area contributed by atoms with E-state index in [4.69, 9.17) is 25.6 Å². The predicted molar refractivity (Wildman–Crippen MR) is 154 cm³/mol. The van der Waals surface area contributed by atoms with Crippen molar-refractivity contribution in [3.63, 3.8) is 0 Å². The third-order valence-electron chi connectivity index (χ3n) is 6.32. The quantitative estimate of drug-likeness (QED) is 0.158. The maximum absolute atomic E-state index is 6.57. The van der Waals surface area contributed by atoms with E-state index in [9.17, 15) is 0 Å². The highest BCUT2D eigenvalue weighted by Gasteiger charge is 2.26. The monoisotopic (exact) mass is 564 g/mol. The molecule has 1 aromatic carbocycles. The van der Waals surface area contributed by atoms with E-state index in [0.29, 0.717) is 24.0 Å². The Morgan fingerprint density at radius 1 is 1.18 bits per heavy atom. The second-order valence-corrected chi connectivity index (χ2v) is 10.9. The molecule has 0 radical (unpaired) electrons. The summed E-state index contributed by atoms with van der Waals surface area (Å²) < 4.78 is 13.3. The van der Waals surface area contributed by atoms with E-state index < -0.39 is 0 Å². The Kier molecular flexibility index (Phi) is 7.20. The van der Waals surface area contributed by atoms with Gasteiger partial charge in [-0.15, -0.1) is 11.3 Å². The molecule has 0 fully saturated rings. The first-order chi connectivity index (χ1) is 18.6. The summed E-state index contributed by atoms with van der Waals surface area (Å²) in [6.45, 7) is 3.66. The number of ether oxygens (including phenoxy) is 1. The standard InChI is InChI=1S/C27H25ClN6O2S2/c1-16-4-3-5-18(31-16)14-35-23-9-6-17(12-21(23)28)32-26-24-19-7-8-22-20(13-34(33-22)10-11-36-37-2)25(19)38-27(24)30-15-29-26/h3-6,9,12-13,15H,7-8,10-11,14H2,1-2H3,(H,29,30,32). The number of hydrogen-bond donors (Lipinski definition) is 1. The Balaban J connectivity index is 1.24. The van der Waals surface area contributed by atoms with Gasteiger partial charge in [0, 0.05) is 34.3 Å². The molecule has 38 heavy (non-hydrogen) atoms. The number of aromatic nitrogens is 5. The highest BCUT2D eigenvalue weighted by molar-refractivity contribution is 7.93. The van der Waals surface area contributed by atoms with E-state index in [1.807, 2.05) is 54.3 Å². The predicted octanol–water partition coefficient (Wildman–Crippen LogP) is 6.63. The van der Waals surface area contributed by atoms with Crippen LogP contribution in [0.1, 0.15) is 22.6 Å². The molecule has 11 heteroatoms. The minimum atomic E-state index is 0.352. The number of anilines is 2. The molecular weight excluding hydrogens is 540 g/mol. The lowest BCUT2D eigenvalue weighted by Crippen LogP contribution is -2.05. The SMILES string of the molecule is CSOCCn1cc2c(n1)CCc1c-2sc2ncnc(Nc3ccc(OCc4cccc(C)n4)c(Cl)c3)c12. The number of pyridine rings is 1. The summed E-state index contributed by atoms with van der Waals surface area (Å²) in [5.41, 5.74) is 6.20. The molecule has 5 aromatic rings. The molecule has 0 saturated carbocycles. The van der Waals surface area contributed by atoms with Gasteiger partial charge in [0.05, 0.1) is 34.9 Å². The van der Waals surface area contributed by atoms with Crippen LogP contribution in [-0.4, -0.2) is 37.6 Å². The largest absolute Gasteiger partial charge is 0.486 e. The summed E-state index contributed by atoms with van der Waals surface area (Å²) in [6, 6.07) is 11.5. The first-order valence-corrected chi connectivity index (χ1v) is 14.5. The highest BCUT2D eigenvalue weighted by atomic mass is 35.5. The molecule has 194 valence electrons. The Labute approximate surface area is 233 Å². The van der Waals surface area contributed by atoms with Crippen LogP contribution in [0, 0.1) is 6.92 Å². The number of fused-ring (bicyclic) bond motifs is 5. The molecule has 1 aliphatic rings. The van der Waals surface area contributed by atoms with Gasteiger partial charge in [-0.3, -0.25) is 9.67 Å². The van der Waals surface area contributed by atoms with Crippen LogP contribution in [0.4, 0.5) is 11.5 Å². The van der Waals surface area contributed by atoms with Gasteiger partial charge in [0.15, 0.2) is 0 Å². The fourth-order valence-corrected chi connectivity index (χ4v) is 6.31. The Morgan fingerprint density at radius 2 is 2.11 bits per heavy atom. The zero-order valence-electron chi connectivity index (χ0n) is 20.9. The molecule has 0 spiro atoms. The smallest absolute Gasteiger partial charge is 0.142 e. The van der Waals surface area contributed by atoms with E-state index >= 15 is 0 Å². The average molecular weight is 565 g/mol. The van der Waals surface area contributed by atoms with Gasteiger partial charge in [-0.2, -0.15) is 5.10 Å². The van der Waals surface area contributed by atoms with Crippen molar-refractivity contribution in [2.75, 3.05) is 18.2 Å². The molecule has 0 atom stereocenters. The molecule has 4 aromatic heterocycles. The van der Waals surface area contributed by atoms with E-state index in [1.165, 1.54) is 28.0 Å². The number of rotatable bonds is 9. The van der Waals surface area contributed by atoms with Crippen LogP contribution in [0.15, 0.2) is 48.9 Å². The van der Waals surface area contributed by atoms with Crippen LogP contribution in [0.3, 0.4) is 0 Å². The maximum Gasteiger partial charge on any atom is 0.142 e. The molecule has 0 saturated heterocycles. The van der Waals surface area contributed by atoms with Gasteiger partial charge in [0.25, 0.3) is 0 Å². The fraction of sp³-hybridized carbons (Fsp3) is 0.259. The van der Waals surface area contributed by atoms with Gasteiger partial charge in [-0.1, -0.05) is 17.7 Å². The van der Waals surface area contributed by atoms with Crippen LogP contribution in [-0.2, 0) is 30.2 Å². The molecule has 0 amide bonds. The molecule has 4 heterocycles. The van der Waals surface area contributed by atoms with E-state index in [1.54, 1.807) is 17.7 Å². The molecule has 8 nitrogen and oxygen atoms in total. The van der Waals surface area contributed by atoms with Crippen molar-refractivity contribution < 1.29 is 8.92 Å². The number of nitrogens with one attached hydrogen (secondary N) is 1. The second-order valence-electron chi connectivity index (χ2n) is 8.88. The number of halogens is 1. The zero-order chi connectivity index (χ0) is 26.1. The van der Waals surface area contributed by atoms with Crippen molar-refractivity contribution in [1.29, 1.82) is 0 Å². The van der Waals surface area contributed by atoms with Crippen LogP contribution in [0.25, 0.3) is 20.7 Å². The van der Waals surface area contributed by atoms with Gasteiger partial charge in [-0.25, -0.2) is 9.97 Å². The number of aryl methyl sites for hydroxylation is 3. The Morgan fingerprint density at radius 3 is 2.95 bits per heavy atom. The lowest BCUT2D eigenvalue weighted by molar-refractivity contribution is 0.301. The van der Waals surface area contributed by atoms with Crippen molar-refractivity contribution in [2.45, 2.75) is 32.9 Å². The fourth-order valence-electron chi connectivity index (χ4n) is 4.61. The molecular formula is C27H25ClN6O2S2. The third-order valence-corrected chi connectivity index (χ3v) is 8.19. The summed E-state index contributed by atoms with van der Waals surface area (Å²) >= 11 is 9.64. The number of thiophene rings is 1. The first kappa shape index (κ1) is 25.1. The molecule has 6 rings (SSSR count). The van der Waals surface area contributed by atoms with Gasteiger partial charge >= 0.3 is 0 Å². The number of nitrogens with zero attached hydrogens (tertiary/aromatic N) is 5. The summed E-state index contributed by atoms with van der Waals surface area (Å²) in [6.07, 6.45) is 7.42. The minimum absolute atomic E-state index is 0.352. The lowest BCUT2D eigenvalue weighted by Gasteiger charge is -2.13. The third kappa shape index (κ3) is 5.09. The van der Waals surface area contributed by atoms with E-state index in [-0.39, 0.29) is 0 Å². The van der Waals surface area contributed by atoms with Gasteiger partial charge < -0.3 is 14.2 Å². The van der Waals surface area contributed by atoms with Gasteiger partial charge in [-0.05, 0) is 67.7 Å². The van der Waals surface area contributed by atoms with Crippen molar-refractivity contribution in [3.05, 3.63) is 76.6 Å². The van der Waals surface area contributed by atoms with Crippen LogP contribution >= 0.6 is 35.0 Å². The number of benzene rings is 1. The summed E-state index contributed by atoms with van der Waals surface area (Å²) in [7, 11) is 0. The highest BCUT2D eigenvalue weighted by Crippen LogP contribution is 2.45. The van der Waals surface area contributed by atoms with Crippen LogP contribution < -0.4 is 10.1 Å². The van der Waals surface area contributed by atoms with Crippen molar-refractivity contribution in [2.24, 2.45) is 0 Å². The minimum Gasteiger partial charge on any atom is -0.486 e. The first-order valence-electron chi connectivity index (χ1n) is 12.2. The normalized spacial score (nSPS) is 12.4. The average Bonchev–Trinajstić information content (AvgIpc) is 3.50. The molecule has 1 N–H and O–H groups in total. The van der Waals surface area contributed by atoms with Crippen molar-refractivity contribution in [3.8, 4) is 16.2 Å². The van der Waals surface area contributed by atoms with Gasteiger partial charge in [0.2, 0.25) is 0 Å². The van der Waals surface area contributed by atoms with E-state index in [0.717, 1.165) is 58.2 Å². The molecule has 0 unspecified atom stereocenters. The number of hydrogen-bond acceptors (Lipinski definition) is 9. The molecule has 1 aliphatic carbocycles. The van der Waals surface area contributed by atoms with Gasteiger partial charge in [0.1, 0.15) is 29.3 Å². The Bertz CT molecular complexity index is 1620. The van der Waals surface area contributed by atoms with Crippen LogP contribution in [0.5, 0.6) is 5.75 Å². The van der Waals surface area contributed by atoms with Crippen molar-refractivity contribution in [1.82, 2.24) is 24.7 Å². The van der Waals surface area contributed by atoms with Crippen LogP contribution in [0.2, 0.25) is 5.02 Å². The summed E-state index contributed by atoms with van der Waals surface area (Å²) in [5.74, 6) is 1.37. The summed E-state index contributed by atoms with van der Waals surface area (Å²) in [4.78, 5) is 15.8. The summed E-state index contributed by atoms with van der Waals surface area (Å²) in [5, 5.41) is 9.82. The van der Waals surface area contributed by atoms with E-state index in [2.05, 4.69) is 26.5 Å². The lowest BCUT2D eigenvalue weighted by atomic mass is 9.95. The topological polar surface area (TPSA) is 87.0 Å².